The number of aromatic hydroxyl groups is 2. The zero-order valence-corrected chi connectivity index (χ0v) is 52.8. The Hall–Kier alpha value is -12.7. The Kier molecular flexibility index (Phi) is 16.0. The predicted octanol–water partition coefficient (Wildman–Crippen LogP) is 22.9. The van der Waals surface area contributed by atoms with Gasteiger partial charge in [0.1, 0.15) is 23.7 Å². The molecule has 14 nitrogen and oxygen atoms in total. The molecule has 466 valence electrons. The van der Waals surface area contributed by atoms with Gasteiger partial charge in [-0.2, -0.15) is 10.2 Å². The van der Waals surface area contributed by atoms with Crippen LogP contribution in [0.25, 0.3) is 77.3 Å². The number of fused-ring (bicyclic) bond motifs is 10. The van der Waals surface area contributed by atoms with Gasteiger partial charge in [-0.15, -0.1) is 10.2 Å². The van der Waals surface area contributed by atoms with Gasteiger partial charge in [0, 0.05) is 83.0 Å². The van der Waals surface area contributed by atoms with Crippen LogP contribution in [0.15, 0.2) is 275 Å². The Morgan fingerprint density at radius 3 is 1.49 bits per heavy atom. The quantitative estimate of drug-likeness (QED) is 0.0253. The topological polar surface area (TPSA) is 187 Å². The molecule has 7 N–H and O–H groups in total. The summed E-state index contributed by atoms with van der Waals surface area (Å²) in [5.74, 6) is -0.836. The standard InChI is InChI=1S/C82H64N10O4/c1-4-54-11-5-8-14-71(54)91-96-49-57-47-55-27-45-68-66-12-6-9-15-72(66)85-76(68)74(55)78(80(57)93)89-87-61-35-31-58(32-36-61)83-59-33-37-62(38-34-59)88-90-79-75-56(28-46-69-67-13-7-10-16-73(67)86-77(69)75)48-70(81(79)94)82(95)84-60-29-23-52(24-30-60)21-22-53-25-43-65(44-26-53)92(63-39-17-50(2)18-40-63)64-41-19-51(3)20-42-64/h5-48,83,85-86,91,93-94H,4,49H2,1-3H3,(H,84,95). The number of hydrogen-bond acceptors (Lipinski definition) is 11. The predicted molar refractivity (Wildman–Crippen MR) is 393 cm³/mol. The van der Waals surface area contributed by atoms with Gasteiger partial charge < -0.3 is 35.7 Å². The fourth-order valence-corrected chi connectivity index (χ4v) is 12.5. The number of aromatic amines is 2. The number of H-pyrrole nitrogens is 2. The van der Waals surface area contributed by atoms with Crippen LogP contribution in [0.2, 0.25) is 0 Å². The Morgan fingerprint density at radius 2 is 0.948 bits per heavy atom. The van der Waals surface area contributed by atoms with E-state index in [2.05, 4.69) is 159 Å². The summed E-state index contributed by atoms with van der Waals surface area (Å²) in [6.07, 6.45) is 4.94. The van der Waals surface area contributed by atoms with Crippen LogP contribution in [0.3, 0.4) is 0 Å². The van der Waals surface area contributed by atoms with Crippen molar-refractivity contribution in [3.63, 3.8) is 0 Å². The van der Waals surface area contributed by atoms with Crippen molar-refractivity contribution in [1.82, 2.24) is 9.97 Å². The highest BCUT2D eigenvalue weighted by molar-refractivity contribution is 6.23. The molecule has 0 atom stereocenters. The minimum Gasteiger partial charge on any atom is -0.505 e. The van der Waals surface area contributed by atoms with Crippen molar-refractivity contribution in [3.05, 3.63) is 294 Å². The van der Waals surface area contributed by atoms with E-state index in [4.69, 9.17) is 15.1 Å². The van der Waals surface area contributed by atoms with Crippen molar-refractivity contribution in [3.8, 4) is 11.5 Å². The number of phenolic OH excluding ortho intramolecular Hbond substituents is 2. The van der Waals surface area contributed by atoms with E-state index in [9.17, 15) is 15.0 Å². The Labute approximate surface area is 553 Å². The fraction of sp³-hybridized carbons (Fsp3) is 0.0610. The first-order valence-corrected chi connectivity index (χ1v) is 31.8. The highest BCUT2D eigenvalue weighted by Crippen LogP contribution is 2.47. The maximum absolute atomic E-state index is 14.3. The highest BCUT2D eigenvalue weighted by atomic mass is 16.6. The van der Waals surface area contributed by atoms with Gasteiger partial charge in [-0.3, -0.25) is 15.1 Å². The van der Waals surface area contributed by atoms with E-state index in [1.807, 2.05) is 164 Å². The number of nitrogens with zero attached hydrogens (tertiary/aromatic N) is 5. The van der Waals surface area contributed by atoms with Crippen molar-refractivity contribution in [1.29, 1.82) is 0 Å². The van der Waals surface area contributed by atoms with Crippen molar-refractivity contribution >= 4 is 146 Å². The summed E-state index contributed by atoms with van der Waals surface area (Å²) in [4.78, 5) is 29.7. The molecule has 14 heteroatoms. The first-order chi connectivity index (χ1) is 47.0. The third-order valence-electron chi connectivity index (χ3n) is 17.5. The summed E-state index contributed by atoms with van der Waals surface area (Å²) in [5, 5.41) is 56.4. The van der Waals surface area contributed by atoms with E-state index in [1.165, 1.54) is 11.1 Å². The van der Waals surface area contributed by atoms with E-state index in [0.29, 0.717) is 39.1 Å². The van der Waals surface area contributed by atoms with Crippen LogP contribution in [-0.4, -0.2) is 26.1 Å². The van der Waals surface area contributed by atoms with E-state index < -0.39 is 5.91 Å². The van der Waals surface area contributed by atoms with Crippen LogP contribution < -0.4 is 21.0 Å². The number of rotatable bonds is 18. The van der Waals surface area contributed by atoms with Gasteiger partial charge in [0.25, 0.3) is 5.91 Å². The van der Waals surface area contributed by atoms with Gasteiger partial charge in [-0.25, -0.2) is 0 Å². The molecule has 2 heterocycles. The van der Waals surface area contributed by atoms with E-state index in [-0.39, 0.29) is 29.4 Å². The van der Waals surface area contributed by atoms with Crippen molar-refractivity contribution in [2.24, 2.45) is 20.5 Å². The van der Waals surface area contributed by atoms with Crippen molar-refractivity contribution in [2.45, 2.75) is 33.8 Å². The molecule has 15 aromatic rings. The third kappa shape index (κ3) is 12.0. The number of anilines is 7. The van der Waals surface area contributed by atoms with Crippen LogP contribution >= 0.6 is 0 Å². The third-order valence-corrected chi connectivity index (χ3v) is 17.5. The van der Waals surface area contributed by atoms with Crippen molar-refractivity contribution in [2.75, 3.05) is 21.0 Å². The second-order valence-electron chi connectivity index (χ2n) is 23.9. The first-order valence-electron chi connectivity index (χ1n) is 31.8. The summed E-state index contributed by atoms with van der Waals surface area (Å²) >= 11 is 0. The number of carbonyl (C=O) groups excluding carboxylic acids is 1. The van der Waals surface area contributed by atoms with Gasteiger partial charge in [0.05, 0.1) is 33.7 Å². The highest BCUT2D eigenvalue weighted by Gasteiger charge is 2.23. The molecule has 0 spiro atoms. The lowest BCUT2D eigenvalue weighted by Gasteiger charge is -2.25. The summed E-state index contributed by atoms with van der Waals surface area (Å²) in [5.41, 5.74) is 20.5. The minimum absolute atomic E-state index is 0.0279. The molecule has 0 aliphatic carbocycles. The summed E-state index contributed by atoms with van der Waals surface area (Å²) in [6.45, 7) is 6.36. The summed E-state index contributed by atoms with van der Waals surface area (Å²) in [6, 6.07) is 83.9. The number of carbonyl (C=O) groups is 1. The molecule has 0 aliphatic heterocycles. The number of benzene rings is 13. The molecule has 0 saturated carbocycles. The lowest BCUT2D eigenvalue weighted by atomic mass is 10.00. The summed E-state index contributed by atoms with van der Waals surface area (Å²) < 4.78 is 0. The molecule has 1 amide bonds. The molecule has 2 aromatic heterocycles. The average molecular weight is 1250 g/mol. The number of aromatic nitrogens is 2. The number of nitrogens with one attached hydrogen (secondary N) is 5. The number of aryl methyl sites for hydroxylation is 3. The zero-order valence-electron chi connectivity index (χ0n) is 52.8. The smallest absolute Gasteiger partial charge is 0.259 e. The molecule has 96 heavy (non-hydrogen) atoms. The first kappa shape index (κ1) is 59.6. The SMILES string of the molecule is CCc1ccccc1NOCc1cc2ccc3c4ccccc4[nH]c3c2c(N=Nc2ccc(Nc3ccc(N=Nc4c(O)c(C(=O)Nc5ccc(C=Cc6ccc(N(c7ccc(C)cc7)c7ccc(C)cc7)cc6)cc5)cc5ccc6c7ccccc7[nH]c6c45)cc3)cc2)c1O. The molecule has 0 saturated heterocycles. The largest absolute Gasteiger partial charge is 0.505 e. The van der Waals surface area contributed by atoms with Gasteiger partial charge in [-0.05, 0) is 175 Å². The summed E-state index contributed by atoms with van der Waals surface area (Å²) in [7, 11) is 0. The van der Waals surface area contributed by atoms with Crippen LogP contribution in [0.5, 0.6) is 11.5 Å². The van der Waals surface area contributed by atoms with Gasteiger partial charge in [0.2, 0.25) is 0 Å². The molecule has 15 rings (SSSR count). The molecule has 13 aromatic carbocycles. The molecule has 0 aliphatic rings. The van der Waals surface area contributed by atoms with E-state index in [0.717, 1.165) is 112 Å². The lowest BCUT2D eigenvalue weighted by molar-refractivity contribution is 0.102. The molecular formula is C82H64N10O4. The normalized spacial score (nSPS) is 11.8. The minimum atomic E-state index is -0.503. The Bertz CT molecular complexity index is 5480. The van der Waals surface area contributed by atoms with E-state index >= 15 is 0 Å². The molecule has 0 unspecified atom stereocenters. The number of amides is 1. The van der Waals surface area contributed by atoms with Crippen molar-refractivity contribution < 1.29 is 19.8 Å². The monoisotopic (exact) mass is 1250 g/mol. The van der Waals surface area contributed by atoms with Crippen LogP contribution in [0.4, 0.5) is 62.6 Å². The van der Waals surface area contributed by atoms with Crippen LogP contribution in [0.1, 0.15) is 50.7 Å². The molecular weight excluding hydrogens is 1190 g/mol. The number of hydrogen-bond donors (Lipinski definition) is 7. The van der Waals surface area contributed by atoms with Crippen LogP contribution in [0, 0.1) is 13.8 Å². The number of azo groups is 2. The Balaban J connectivity index is 0.651. The maximum Gasteiger partial charge on any atom is 0.259 e. The average Bonchev–Trinajstić information content (AvgIpc) is 1.69. The van der Waals surface area contributed by atoms with E-state index in [1.54, 1.807) is 6.07 Å². The second kappa shape index (κ2) is 25.8. The van der Waals surface area contributed by atoms with Crippen LogP contribution in [-0.2, 0) is 17.9 Å². The lowest BCUT2D eigenvalue weighted by Crippen LogP contribution is -2.12. The number of phenols is 2. The van der Waals surface area contributed by atoms with Gasteiger partial charge >= 0.3 is 0 Å². The fourth-order valence-electron chi connectivity index (χ4n) is 12.5. The molecule has 0 radical (unpaired) electrons. The van der Waals surface area contributed by atoms with Gasteiger partial charge in [0.15, 0.2) is 5.75 Å². The number of para-hydroxylation sites is 3. The molecule has 0 fully saturated rings. The zero-order chi connectivity index (χ0) is 65.2. The maximum atomic E-state index is 14.3. The second-order valence-corrected chi connectivity index (χ2v) is 23.9. The van der Waals surface area contributed by atoms with Gasteiger partial charge in [-0.1, -0.05) is 158 Å². The molecule has 0 bridgehead atoms. The Morgan fingerprint density at radius 1 is 0.479 bits per heavy atom.